The summed E-state index contributed by atoms with van der Waals surface area (Å²) in [6, 6.07) is 14.7. The molecule has 0 aliphatic carbocycles. The van der Waals surface area contributed by atoms with Gasteiger partial charge in [0.15, 0.2) is 0 Å². The summed E-state index contributed by atoms with van der Waals surface area (Å²) in [5, 5.41) is 8.23. The average Bonchev–Trinajstić information content (AvgIpc) is 2.83. The summed E-state index contributed by atoms with van der Waals surface area (Å²) < 4.78 is 35.0. The summed E-state index contributed by atoms with van der Waals surface area (Å²) in [4.78, 5) is 17.4. The lowest BCUT2D eigenvalue weighted by molar-refractivity contribution is -0.0292. The van der Waals surface area contributed by atoms with E-state index in [9.17, 15) is 13.2 Å². The molecule has 3 N–H and O–H groups in total. The molecule has 10 heteroatoms. The normalized spacial score (nSPS) is 19.9. The van der Waals surface area contributed by atoms with Crippen LogP contribution in [0.4, 0.5) is 5.69 Å². The lowest BCUT2D eigenvalue weighted by Crippen LogP contribution is -2.47. The second-order valence-electron chi connectivity index (χ2n) is 8.25. The molecule has 2 aliphatic heterocycles. The van der Waals surface area contributed by atoms with Crippen molar-refractivity contribution in [1.29, 1.82) is 0 Å². The molecule has 1 atom stereocenters. The number of ether oxygens (including phenoxy) is 2. The molecular formula is C23H30N4O5S. The molecule has 0 radical (unpaired) electrons. The van der Waals surface area contributed by atoms with E-state index in [4.69, 9.17) is 14.6 Å². The lowest BCUT2D eigenvalue weighted by atomic mass is 10.1. The topological polar surface area (TPSA) is 114 Å². The molecule has 2 fully saturated rings. The number of nitrogens with one attached hydrogen (secondary N) is 1. The van der Waals surface area contributed by atoms with Crippen LogP contribution in [0.5, 0.6) is 0 Å². The van der Waals surface area contributed by atoms with E-state index in [2.05, 4.69) is 22.3 Å². The predicted octanol–water partition coefficient (Wildman–Crippen LogP) is 0.801. The third-order valence-electron chi connectivity index (χ3n) is 5.86. The van der Waals surface area contributed by atoms with Crippen molar-refractivity contribution >= 4 is 21.6 Å². The zero-order valence-corrected chi connectivity index (χ0v) is 19.3. The quantitative estimate of drug-likeness (QED) is 0.610. The van der Waals surface area contributed by atoms with E-state index in [1.165, 1.54) is 17.7 Å². The highest BCUT2D eigenvalue weighted by atomic mass is 32.2. The van der Waals surface area contributed by atoms with Crippen molar-refractivity contribution < 1.29 is 22.7 Å². The lowest BCUT2D eigenvalue weighted by Gasteiger charge is -2.33. The standard InChI is InChI=1S/C23H30N4O5S/c24-33(29,30)20-6-7-22(27-9-11-31-12-10-27)21(14-20)23(28)25-15-19-17-26(8-13-32-19)16-18-4-2-1-3-5-18/h1-7,14,19H,8-13,15-17H2,(H,25,28)(H2,24,29,30). The Morgan fingerprint density at radius 2 is 1.82 bits per heavy atom. The van der Waals surface area contributed by atoms with Crippen LogP contribution in [0.15, 0.2) is 53.4 Å². The van der Waals surface area contributed by atoms with Gasteiger partial charge in [-0.3, -0.25) is 9.69 Å². The highest BCUT2D eigenvalue weighted by Gasteiger charge is 2.24. The molecule has 9 nitrogen and oxygen atoms in total. The van der Waals surface area contributed by atoms with Gasteiger partial charge in [-0.05, 0) is 23.8 Å². The maximum Gasteiger partial charge on any atom is 0.253 e. The van der Waals surface area contributed by atoms with Crippen LogP contribution in [0.2, 0.25) is 0 Å². The SMILES string of the molecule is NS(=O)(=O)c1ccc(N2CCOCC2)c(C(=O)NCC2CN(Cc3ccccc3)CCO2)c1. The number of carbonyl (C=O) groups is 1. The number of amides is 1. The Kier molecular flexibility index (Phi) is 7.61. The number of hydrogen-bond acceptors (Lipinski definition) is 7. The van der Waals surface area contributed by atoms with Gasteiger partial charge in [-0.15, -0.1) is 0 Å². The first kappa shape index (κ1) is 23.7. The number of anilines is 1. The minimum absolute atomic E-state index is 0.0902. The molecule has 1 amide bonds. The molecule has 2 aromatic rings. The Morgan fingerprint density at radius 1 is 1.06 bits per heavy atom. The molecule has 4 rings (SSSR count). The van der Waals surface area contributed by atoms with E-state index in [0.717, 1.165) is 13.1 Å². The smallest absolute Gasteiger partial charge is 0.253 e. The van der Waals surface area contributed by atoms with Crippen molar-refractivity contribution in [1.82, 2.24) is 10.2 Å². The summed E-state index contributed by atoms with van der Waals surface area (Å²) in [5.41, 5.74) is 2.18. The summed E-state index contributed by atoms with van der Waals surface area (Å²) in [6.07, 6.45) is -0.153. The van der Waals surface area contributed by atoms with E-state index in [-0.39, 0.29) is 22.5 Å². The van der Waals surface area contributed by atoms with Gasteiger partial charge >= 0.3 is 0 Å². The maximum absolute atomic E-state index is 13.1. The molecule has 33 heavy (non-hydrogen) atoms. The number of nitrogens with zero attached hydrogens (tertiary/aromatic N) is 2. The molecule has 178 valence electrons. The van der Waals surface area contributed by atoms with Crippen LogP contribution in [-0.4, -0.2) is 77.9 Å². The van der Waals surface area contributed by atoms with Crippen molar-refractivity contribution in [2.75, 3.05) is 57.4 Å². The fourth-order valence-corrected chi connectivity index (χ4v) is 4.68. The van der Waals surface area contributed by atoms with Crippen LogP contribution >= 0.6 is 0 Å². The van der Waals surface area contributed by atoms with Crippen LogP contribution in [0.1, 0.15) is 15.9 Å². The fourth-order valence-electron chi connectivity index (χ4n) is 4.14. The van der Waals surface area contributed by atoms with Crippen molar-refractivity contribution in [3.63, 3.8) is 0 Å². The number of nitrogens with two attached hydrogens (primary N) is 1. The van der Waals surface area contributed by atoms with Gasteiger partial charge in [0, 0.05) is 45.0 Å². The van der Waals surface area contributed by atoms with E-state index in [1.807, 2.05) is 23.1 Å². The molecule has 0 aromatic heterocycles. The molecule has 2 saturated heterocycles. The monoisotopic (exact) mass is 474 g/mol. The molecule has 0 saturated carbocycles. The van der Waals surface area contributed by atoms with Crippen molar-refractivity contribution in [3.8, 4) is 0 Å². The highest BCUT2D eigenvalue weighted by molar-refractivity contribution is 7.89. The van der Waals surface area contributed by atoms with Gasteiger partial charge in [-0.1, -0.05) is 30.3 Å². The largest absolute Gasteiger partial charge is 0.378 e. The van der Waals surface area contributed by atoms with Gasteiger partial charge in [0.2, 0.25) is 10.0 Å². The van der Waals surface area contributed by atoms with Crippen LogP contribution in [-0.2, 0) is 26.0 Å². The number of sulfonamides is 1. The van der Waals surface area contributed by atoms with E-state index in [1.54, 1.807) is 6.07 Å². The summed E-state index contributed by atoms with van der Waals surface area (Å²) in [7, 11) is -3.93. The minimum atomic E-state index is -3.93. The first-order chi connectivity index (χ1) is 15.9. The van der Waals surface area contributed by atoms with Crippen molar-refractivity contribution in [2.24, 2.45) is 5.14 Å². The summed E-state index contributed by atoms with van der Waals surface area (Å²) in [5.74, 6) is -0.356. The van der Waals surface area contributed by atoms with Gasteiger partial charge in [0.1, 0.15) is 0 Å². The first-order valence-corrected chi connectivity index (χ1v) is 12.6. The van der Waals surface area contributed by atoms with Crippen LogP contribution in [0.3, 0.4) is 0 Å². The third-order valence-corrected chi connectivity index (χ3v) is 6.77. The zero-order chi connectivity index (χ0) is 23.3. The molecular weight excluding hydrogens is 444 g/mol. The Labute approximate surface area is 194 Å². The third kappa shape index (κ3) is 6.30. The number of morpholine rings is 2. The second-order valence-corrected chi connectivity index (χ2v) is 9.81. The Balaban J connectivity index is 1.43. The molecule has 2 aromatic carbocycles. The second kappa shape index (κ2) is 10.6. The summed E-state index contributed by atoms with van der Waals surface area (Å²) >= 11 is 0. The zero-order valence-electron chi connectivity index (χ0n) is 18.5. The average molecular weight is 475 g/mol. The number of rotatable bonds is 7. The maximum atomic E-state index is 13.1. The van der Waals surface area contributed by atoms with Gasteiger partial charge < -0.3 is 19.7 Å². The molecule has 1 unspecified atom stereocenters. The Hall–Kier alpha value is -2.50. The first-order valence-electron chi connectivity index (χ1n) is 11.1. The summed E-state index contributed by atoms with van der Waals surface area (Å²) in [6.45, 7) is 5.60. The molecule has 2 aliphatic rings. The Morgan fingerprint density at radius 3 is 2.55 bits per heavy atom. The minimum Gasteiger partial charge on any atom is -0.378 e. The van der Waals surface area contributed by atoms with Gasteiger partial charge in [0.25, 0.3) is 5.91 Å². The number of benzene rings is 2. The van der Waals surface area contributed by atoms with Crippen LogP contribution in [0, 0.1) is 0 Å². The van der Waals surface area contributed by atoms with Crippen LogP contribution < -0.4 is 15.4 Å². The van der Waals surface area contributed by atoms with Crippen molar-refractivity contribution in [2.45, 2.75) is 17.5 Å². The van der Waals surface area contributed by atoms with E-state index < -0.39 is 10.0 Å². The van der Waals surface area contributed by atoms with Gasteiger partial charge in [-0.25, -0.2) is 13.6 Å². The molecule has 0 spiro atoms. The van der Waals surface area contributed by atoms with Crippen LogP contribution in [0.25, 0.3) is 0 Å². The Bertz CT molecular complexity index is 1060. The fraction of sp³-hybridized carbons (Fsp3) is 0.435. The van der Waals surface area contributed by atoms with Gasteiger partial charge in [-0.2, -0.15) is 0 Å². The predicted molar refractivity (Wildman–Crippen MR) is 125 cm³/mol. The number of carbonyl (C=O) groups excluding carboxylic acids is 1. The van der Waals surface area contributed by atoms with E-state index >= 15 is 0 Å². The number of hydrogen-bond donors (Lipinski definition) is 2. The van der Waals surface area contributed by atoms with Crippen molar-refractivity contribution in [3.05, 3.63) is 59.7 Å². The molecule has 2 heterocycles. The molecule has 0 bridgehead atoms. The van der Waals surface area contributed by atoms with E-state index in [0.29, 0.717) is 51.7 Å². The number of primary sulfonamides is 1. The van der Waals surface area contributed by atoms with Gasteiger partial charge in [0.05, 0.1) is 36.4 Å². The highest BCUT2D eigenvalue weighted by Crippen LogP contribution is 2.25.